The van der Waals surface area contributed by atoms with Gasteiger partial charge in [0.25, 0.3) is 0 Å². The molecule has 1 aliphatic carbocycles. The van der Waals surface area contributed by atoms with Crippen molar-refractivity contribution in [2.24, 2.45) is 5.92 Å². The molecule has 0 radical (unpaired) electrons. The summed E-state index contributed by atoms with van der Waals surface area (Å²) in [6, 6.07) is 4.16. The average Bonchev–Trinajstić information content (AvgIpc) is 2.96. The van der Waals surface area contributed by atoms with E-state index in [0.717, 1.165) is 31.3 Å². The number of halogens is 1. The van der Waals surface area contributed by atoms with Crippen LogP contribution in [0.4, 0.5) is 4.39 Å². The van der Waals surface area contributed by atoms with Crippen molar-refractivity contribution < 1.29 is 5.82 Å². The summed E-state index contributed by atoms with van der Waals surface area (Å²) in [5.74, 6) is 2.81. The minimum Gasteiger partial charge on any atom is -0.307 e. The number of fused-ring (bicyclic) bond motifs is 1. The Morgan fingerprint density at radius 2 is 2.35 bits per heavy atom. The number of terminal acetylenes is 1. The third kappa shape index (κ3) is 3.60. The van der Waals surface area contributed by atoms with E-state index >= 15 is 0 Å². The number of nitrogens with zero attached hydrogens (tertiary/aromatic N) is 2. The molecular weight excluding hydrogens is 251 g/mol. The number of aromatic nitrogens is 2. The van der Waals surface area contributed by atoms with Crippen molar-refractivity contribution in [3.63, 3.8) is 0 Å². The summed E-state index contributed by atoms with van der Waals surface area (Å²) in [5, 5.41) is 0. The van der Waals surface area contributed by atoms with Gasteiger partial charge >= 0.3 is 0 Å². The molecule has 1 aliphatic rings. The molecule has 0 saturated heterocycles. The SMILES string of the molecule is C#C[C@H]1CCC[C@@H](F)C1.CCc1cccn2ccnc12.[HH]. The van der Waals surface area contributed by atoms with E-state index in [1.54, 1.807) is 0 Å². The number of aryl methyl sites for hydroxylation is 1. The summed E-state index contributed by atoms with van der Waals surface area (Å²) in [7, 11) is 0. The van der Waals surface area contributed by atoms with E-state index in [0.29, 0.717) is 6.42 Å². The molecule has 2 atom stereocenters. The molecule has 3 rings (SSSR count). The van der Waals surface area contributed by atoms with Crippen molar-refractivity contribution in [3.05, 3.63) is 36.3 Å². The van der Waals surface area contributed by atoms with Gasteiger partial charge in [-0.3, -0.25) is 0 Å². The highest BCUT2D eigenvalue weighted by Gasteiger charge is 2.18. The molecule has 20 heavy (non-hydrogen) atoms. The second-order valence-corrected chi connectivity index (χ2v) is 5.17. The van der Waals surface area contributed by atoms with Gasteiger partial charge in [0.1, 0.15) is 11.8 Å². The van der Waals surface area contributed by atoms with Gasteiger partial charge < -0.3 is 4.40 Å². The van der Waals surface area contributed by atoms with E-state index in [1.807, 2.05) is 29.1 Å². The number of pyridine rings is 1. The Morgan fingerprint density at radius 3 is 3.00 bits per heavy atom. The predicted molar refractivity (Wildman–Crippen MR) is 82.4 cm³/mol. The van der Waals surface area contributed by atoms with Crippen LogP contribution in [0.5, 0.6) is 0 Å². The van der Waals surface area contributed by atoms with Crippen LogP contribution in [-0.2, 0) is 6.42 Å². The smallest absolute Gasteiger partial charge is 0.139 e. The van der Waals surface area contributed by atoms with Crippen molar-refractivity contribution in [2.45, 2.75) is 45.2 Å². The number of hydrogen-bond acceptors (Lipinski definition) is 1. The normalized spacial score (nSPS) is 21.9. The van der Waals surface area contributed by atoms with Crippen LogP contribution < -0.4 is 0 Å². The van der Waals surface area contributed by atoms with Crippen LogP contribution in [0.1, 0.15) is 39.6 Å². The molecule has 1 saturated carbocycles. The molecular formula is C17H23FN2. The molecule has 2 aromatic rings. The van der Waals surface area contributed by atoms with E-state index in [-0.39, 0.29) is 7.34 Å². The first-order valence-electron chi connectivity index (χ1n) is 7.25. The van der Waals surface area contributed by atoms with Crippen molar-refractivity contribution in [1.82, 2.24) is 9.38 Å². The van der Waals surface area contributed by atoms with Gasteiger partial charge in [-0.25, -0.2) is 9.37 Å². The molecule has 0 N–H and O–H groups in total. The Morgan fingerprint density at radius 1 is 1.50 bits per heavy atom. The van der Waals surface area contributed by atoms with Gasteiger partial charge in [0.05, 0.1) is 0 Å². The van der Waals surface area contributed by atoms with Crippen LogP contribution >= 0.6 is 0 Å². The van der Waals surface area contributed by atoms with E-state index in [4.69, 9.17) is 6.42 Å². The molecule has 0 amide bonds. The molecule has 3 heteroatoms. The van der Waals surface area contributed by atoms with E-state index < -0.39 is 6.17 Å². The molecule has 1 fully saturated rings. The van der Waals surface area contributed by atoms with Crippen molar-refractivity contribution >= 4 is 5.65 Å². The van der Waals surface area contributed by atoms with Gasteiger partial charge in [-0.05, 0) is 43.7 Å². The summed E-state index contributed by atoms with van der Waals surface area (Å²) in [6.07, 6.45) is 14.7. The molecule has 0 bridgehead atoms. The van der Waals surface area contributed by atoms with Crippen molar-refractivity contribution in [2.75, 3.05) is 0 Å². The molecule has 0 aromatic carbocycles. The number of alkyl halides is 1. The lowest BCUT2D eigenvalue weighted by atomic mass is 9.89. The number of hydrogen-bond donors (Lipinski definition) is 0. The minimum absolute atomic E-state index is 0. The number of imidazole rings is 1. The van der Waals surface area contributed by atoms with Crippen LogP contribution in [0, 0.1) is 18.3 Å². The summed E-state index contributed by atoms with van der Waals surface area (Å²) in [5.41, 5.74) is 2.38. The highest BCUT2D eigenvalue weighted by Crippen LogP contribution is 2.25. The highest BCUT2D eigenvalue weighted by atomic mass is 19.1. The molecule has 0 unspecified atom stereocenters. The largest absolute Gasteiger partial charge is 0.307 e. The second-order valence-electron chi connectivity index (χ2n) is 5.17. The van der Waals surface area contributed by atoms with Gasteiger partial charge in [-0.15, -0.1) is 12.3 Å². The number of rotatable bonds is 1. The third-order valence-corrected chi connectivity index (χ3v) is 3.73. The quantitative estimate of drug-likeness (QED) is 0.709. The standard InChI is InChI=1S/C9H10N2.C8H11F.H2/c1-2-8-4-3-6-11-7-5-10-9(8)11;1-2-7-4-3-5-8(9)6-7;/h3-7H,2H2,1H3;1,7-8H,3-6H2;1H/t;7-,8+;/m.0./s1. The fraction of sp³-hybridized carbons (Fsp3) is 0.471. The Kier molecular flexibility index (Phi) is 5.17. The van der Waals surface area contributed by atoms with Gasteiger partial charge in [0, 0.05) is 25.9 Å². The first-order valence-corrected chi connectivity index (χ1v) is 7.25. The minimum atomic E-state index is -0.625. The molecule has 2 aromatic heterocycles. The maximum absolute atomic E-state index is 12.5. The molecule has 108 valence electrons. The van der Waals surface area contributed by atoms with Gasteiger partial charge in [0.2, 0.25) is 0 Å². The fourth-order valence-electron chi connectivity index (χ4n) is 2.57. The summed E-state index contributed by atoms with van der Waals surface area (Å²) in [4.78, 5) is 4.25. The molecule has 2 nitrogen and oxygen atoms in total. The van der Waals surface area contributed by atoms with Crippen LogP contribution in [0.2, 0.25) is 0 Å². The van der Waals surface area contributed by atoms with Crippen molar-refractivity contribution in [3.8, 4) is 12.3 Å². The summed E-state index contributed by atoms with van der Waals surface area (Å²) >= 11 is 0. The zero-order valence-corrected chi connectivity index (χ0v) is 11.9. The second kappa shape index (κ2) is 7.09. The van der Waals surface area contributed by atoms with Gasteiger partial charge in [-0.1, -0.05) is 13.0 Å². The van der Waals surface area contributed by atoms with Crippen molar-refractivity contribution in [1.29, 1.82) is 0 Å². The maximum atomic E-state index is 12.5. The highest BCUT2D eigenvalue weighted by molar-refractivity contribution is 5.47. The Labute approximate surface area is 121 Å². The van der Waals surface area contributed by atoms with Crippen LogP contribution in [0.15, 0.2) is 30.7 Å². The Bertz CT molecular complexity index is 588. The maximum Gasteiger partial charge on any atom is 0.139 e. The fourth-order valence-corrected chi connectivity index (χ4v) is 2.57. The van der Waals surface area contributed by atoms with E-state index in [1.165, 1.54) is 5.56 Å². The summed E-state index contributed by atoms with van der Waals surface area (Å²) in [6.45, 7) is 2.14. The Balaban J connectivity index is 0.000000205. The monoisotopic (exact) mass is 274 g/mol. The molecule has 0 aliphatic heterocycles. The first kappa shape index (κ1) is 14.6. The third-order valence-electron chi connectivity index (χ3n) is 3.73. The van der Waals surface area contributed by atoms with Gasteiger partial charge in [0.15, 0.2) is 0 Å². The zero-order chi connectivity index (χ0) is 14.4. The zero-order valence-electron chi connectivity index (χ0n) is 11.9. The molecule has 2 heterocycles. The lowest BCUT2D eigenvalue weighted by molar-refractivity contribution is 0.225. The van der Waals surface area contributed by atoms with Gasteiger partial charge in [-0.2, -0.15) is 0 Å². The predicted octanol–water partition coefficient (Wildman–Crippen LogP) is 4.29. The Hall–Kier alpha value is -1.82. The first-order chi connectivity index (χ1) is 9.74. The topological polar surface area (TPSA) is 17.3 Å². The van der Waals surface area contributed by atoms with Crippen LogP contribution in [0.25, 0.3) is 5.65 Å². The average molecular weight is 274 g/mol. The van der Waals surface area contributed by atoms with Crippen LogP contribution in [-0.4, -0.2) is 15.6 Å². The lowest BCUT2D eigenvalue weighted by Crippen LogP contribution is -2.14. The van der Waals surface area contributed by atoms with E-state index in [2.05, 4.69) is 23.9 Å². The van der Waals surface area contributed by atoms with E-state index in [9.17, 15) is 4.39 Å². The van der Waals surface area contributed by atoms with Crippen LogP contribution in [0.3, 0.4) is 0 Å². The summed E-state index contributed by atoms with van der Waals surface area (Å²) < 4.78 is 14.6. The lowest BCUT2D eigenvalue weighted by Gasteiger charge is -2.19. The molecule has 0 spiro atoms.